The standard InChI is InChI=1S/C20H27N3O2/c1-2-18(24)23-10-8-16(13-23)22-19(25)21-12-15-11-20(15)9-7-14-5-3-4-6-17(14)20/h3-6,15-16H,2,7-13H2,1H3,(H2,21,22,25)/t15-,16+,20-/m1/s1. The molecular weight excluding hydrogens is 314 g/mol. The summed E-state index contributed by atoms with van der Waals surface area (Å²) in [6.45, 7) is 4.01. The summed E-state index contributed by atoms with van der Waals surface area (Å²) in [5, 5.41) is 6.08. The molecule has 0 unspecified atom stereocenters. The van der Waals surface area contributed by atoms with E-state index in [4.69, 9.17) is 0 Å². The van der Waals surface area contributed by atoms with Crippen molar-refractivity contribution < 1.29 is 9.59 Å². The van der Waals surface area contributed by atoms with Crippen molar-refractivity contribution >= 4 is 11.9 Å². The minimum Gasteiger partial charge on any atom is -0.341 e. The highest BCUT2D eigenvalue weighted by atomic mass is 16.2. The topological polar surface area (TPSA) is 61.4 Å². The number of carbonyl (C=O) groups excluding carboxylic acids is 2. The first-order chi connectivity index (χ1) is 12.1. The maximum atomic E-state index is 12.2. The molecule has 1 saturated carbocycles. The van der Waals surface area contributed by atoms with Crippen molar-refractivity contribution in [2.24, 2.45) is 5.92 Å². The molecule has 2 N–H and O–H groups in total. The Balaban J connectivity index is 1.24. The van der Waals surface area contributed by atoms with Gasteiger partial charge in [-0.15, -0.1) is 0 Å². The van der Waals surface area contributed by atoms with Crippen LogP contribution in [0.25, 0.3) is 0 Å². The number of aryl methyl sites for hydroxylation is 1. The molecule has 25 heavy (non-hydrogen) atoms. The molecule has 2 fully saturated rings. The Morgan fingerprint density at radius 1 is 1.32 bits per heavy atom. The lowest BCUT2D eigenvalue weighted by atomic mass is 9.95. The average molecular weight is 341 g/mol. The third-order valence-electron chi connectivity index (χ3n) is 6.31. The van der Waals surface area contributed by atoms with Crippen LogP contribution in [0.5, 0.6) is 0 Å². The van der Waals surface area contributed by atoms with E-state index in [9.17, 15) is 9.59 Å². The van der Waals surface area contributed by atoms with E-state index in [1.807, 2.05) is 11.8 Å². The fourth-order valence-corrected chi connectivity index (χ4v) is 4.78. The molecule has 1 heterocycles. The molecule has 0 bridgehead atoms. The van der Waals surface area contributed by atoms with Gasteiger partial charge in [0, 0.05) is 37.5 Å². The van der Waals surface area contributed by atoms with E-state index in [1.165, 1.54) is 30.4 Å². The summed E-state index contributed by atoms with van der Waals surface area (Å²) < 4.78 is 0. The van der Waals surface area contributed by atoms with Crippen molar-refractivity contribution in [1.82, 2.24) is 15.5 Å². The van der Waals surface area contributed by atoms with Crippen LogP contribution in [0.2, 0.25) is 0 Å². The first-order valence-corrected chi connectivity index (χ1v) is 9.53. The Kier molecular flexibility index (Phi) is 4.18. The van der Waals surface area contributed by atoms with Gasteiger partial charge in [-0.1, -0.05) is 31.2 Å². The lowest BCUT2D eigenvalue weighted by Crippen LogP contribution is -2.44. The van der Waals surface area contributed by atoms with Crippen LogP contribution in [0.4, 0.5) is 4.79 Å². The number of hydrogen-bond acceptors (Lipinski definition) is 2. The highest BCUT2D eigenvalue weighted by Crippen LogP contribution is 2.61. The largest absolute Gasteiger partial charge is 0.341 e. The van der Waals surface area contributed by atoms with Crippen LogP contribution >= 0.6 is 0 Å². The number of rotatable bonds is 4. The quantitative estimate of drug-likeness (QED) is 0.882. The van der Waals surface area contributed by atoms with Crippen LogP contribution in [0.15, 0.2) is 24.3 Å². The zero-order valence-electron chi connectivity index (χ0n) is 14.9. The summed E-state index contributed by atoms with van der Waals surface area (Å²) in [5.41, 5.74) is 3.31. The Morgan fingerprint density at radius 2 is 2.16 bits per heavy atom. The molecule has 0 radical (unpaired) electrons. The fourth-order valence-electron chi connectivity index (χ4n) is 4.78. The van der Waals surface area contributed by atoms with Crippen molar-refractivity contribution in [3.63, 3.8) is 0 Å². The van der Waals surface area contributed by atoms with Crippen LogP contribution in [0.1, 0.15) is 43.7 Å². The van der Waals surface area contributed by atoms with E-state index in [0.717, 1.165) is 19.5 Å². The third kappa shape index (κ3) is 3.00. The molecule has 1 aliphatic heterocycles. The van der Waals surface area contributed by atoms with Crippen molar-refractivity contribution in [3.05, 3.63) is 35.4 Å². The van der Waals surface area contributed by atoms with Gasteiger partial charge in [0.15, 0.2) is 0 Å². The van der Waals surface area contributed by atoms with Crippen LogP contribution in [0, 0.1) is 5.92 Å². The Hall–Kier alpha value is -2.04. The zero-order chi connectivity index (χ0) is 17.4. The SMILES string of the molecule is CCC(=O)N1CC[C@H](NC(=O)NC[C@H]2C[C@]23CCc2ccccc23)C1. The van der Waals surface area contributed by atoms with Crippen LogP contribution in [-0.4, -0.2) is 42.5 Å². The number of fused-ring (bicyclic) bond motifs is 2. The van der Waals surface area contributed by atoms with Crippen molar-refractivity contribution in [1.29, 1.82) is 0 Å². The van der Waals surface area contributed by atoms with Gasteiger partial charge in [0.05, 0.1) is 0 Å². The molecule has 5 nitrogen and oxygen atoms in total. The van der Waals surface area contributed by atoms with Gasteiger partial charge < -0.3 is 15.5 Å². The summed E-state index contributed by atoms with van der Waals surface area (Å²) in [4.78, 5) is 25.8. The molecular formula is C20H27N3O2. The van der Waals surface area contributed by atoms with E-state index < -0.39 is 0 Å². The van der Waals surface area contributed by atoms with E-state index in [1.54, 1.807) is 0 Å². The van der Waals surface area contributed by atoms with Gasteiger partial charge in [0.25, 0.3) is 0 Å². The van der Waals surface area contributed by atoms with Gasteiger partial charge in [-0.3, -0.25) is 4.79 Å². The first kappa shape index (κ1) is 16.4. The maximum absolute atomic E-state index is 12.2. The number of nitrogens with zero attached hydrogens (tertiary/aromatic N) is 1. The fraction of sp³-hybridized carbons (Fsp3) is 0.600. The second-order valence-electron chi connectivity index (χ2n) is 7.75. The van der Waals surface area contributed by atoms with Gasteiger partial charge in [-0.2, -0.15) is 0 Å². The van der Waals surface area contributed by atoms with Gasteiger partial charge >= 0.3 is 6.03 Å². The lowest BCUT2D eigenvalue weighted by Gasteiger charge is -2.17. The average Bonchev–Trinajstić information content (AvgIpc) is 2.94. The number of hydrogen-bond donors (Lipinski definition) is 2. The monoisotopic (exact) mass is 341 g/mol. The number of nitrogens with one attached hydrogen (secondary N) is 2. The number of amides is 3. The van der Waals surface area contributed by atoms with Crippen LogP contribution in [0.3, 0.4) is 0 Å². The summed E-state index contributed by atoms with van der Waals surface area (Å²) in [5.74, 6) is 0.730. The highest BCUT2D eigenvalue weighted by Gasteiger charge is 2.57. The molecule has 5 heteroatoms. The summed E-state index contributed by atoms with van der Waals surface area (Å²) >= 11 is 0. The van der Waals surface area contributed by atoms with Crippen molar-refractivity contribution in [3.8, 4) is 0 Å². The van der Waals surface area contributed by atoms with Gasteiger partial charge in [0.1, 0.15) is 0 Å². The van der Waals surface area contributed by atoms with Crippen LogP contribution in [-0.2, 0) is 16.6 Å². The molecule has 4 rings (SSSR count). The molecule has 3 atom stereocenters. The molecule has 1 saturated heterocycles. The molecule has 3 amide bonds. The number of urea groups is 1. The minimum atomic E-state index is -0.0934. The predicted octanol–water partition coefficient (Wildman–Crippen LogP) is 2.20. The van der Waals surface area contributed by atoms with E-state index >= 15 is 0 Å². The molecule has 3 aliphatic rings. The van der Waals surface area contributed by atoms with Crippen molar-refractivity contribution in [2.45, 2.75) is 50.5 Å². The Morgan fingerprint density at radius 3 is 3.00 bits per heavy atom. The van der Waals surface area contributed by atoms with E-state index in [2.05, 4.69) is 34.9 Å². The first-order valence-electron chi connectivity index (χ1n) is 9.53. The third-order valence-corrected chi connectivity index (χ3v) is 6.31. The number of likely N-dealkylation sites (tertiary alicyclic amines) is 1. The summed E-state index contributed by atoms with van der Waals surface area (Å²) in [6.07, 6.45) is 4.95. The summed E-state index contributed by atoms with van der Waals surface area (Å²) in [6, 6.07) is 8.74. The normalized spacial score (nSPS) is 29.6. The Labute approximate surface area is 149 Å². The summed E-state index contributed by atoms with van der Waals surface area (Å²) in [7, 11) is 0. The van der Waals surface area contributed by atoms with E-state index in [-0.39, 0.29) is 18.0 Å². The van der Waals surface area contributed by atoms with Gasteiger partial charge in [0.2, 0.25) is 5.91 Å². The zero-order valence-corrected chi connectivity index (χ0v) is 14.9. The van der Waals surface area contributed by atoms with Crippen molar-refractivity contribution in [2.75, 3.05) is 19.6 Å². The highest BCUT2D eigenvalue weighted by molar-refractivity contribution is 5.77. The van der Waals surface area contributed by atoms with Crippen LogP contribution < -0.4 is 10.6 Å². The molecule has 1 spiro atoms. The number of carbonyl (C=O) groups is 2. The molecule has 1 aromatic carbocycles. The lowest BCUT2D eigenvalue weighted by molar-refractivity contribution is -0.129. The maximum Gasteiger partial charge on any atom is 0.315 e. The molecule has 134 valence electrons. The van der Waals surface area contributed by atoms with Gasteiger partial charge in [-0.25, -0.2) is 4.79 Å². The molecule has 2 aliphatic carbocycles. The second-order valence-corrected chi connectivity index (χ2v) is 7.75. The Bertz CT molecular complexity index is 689. The van der Waals surface area contributed by atoms with E-state index in [0.29, 0.717) is 24.3 Å². The molecule has 1 aromatic rings. The smallest absolute Gasteiger partial charge is 0.315 e. The van der Waals surface area contributed by atoms with Gasteiger partial charge in [-0.05, 0) is 42.7 Å². The number of benzene rings is 1. The minimum absolute atomic E-state index is 0.0795. The second kappa shape index (κ2) is 6.36. The molecule has 0 aromatic heterocycles. The predicted molar refractivity (Wildman–Crippen MR) is 96.4 cm³/mol.